The van der Waals surface area contributed by atoms with E-state index in [0.29, 0.717) is 37.3 Å². The molecule has 1 saturated carbocycles. The molecule has 2 heterocycles. The van der Waals surface area contributed by atoms with Crippen LogP contribution in [0, 0.1) is 17.8 Å². The number of hydrogen-bond acceptors (Lipinski definition) is 3. The van der Waals surface area contributed by atoms with Gasteiger partial charge in [0.15, 0.2) is 0 Å². The summed E-state index contributed by atoms with van der Waals surface area (Å²) in [5.41, 5.74) is 7.40. The zero-order valence-electron chi connectivity index (χ0n) is 16.5. The largest absolute Gasteiger partial charge is 0.343 e. The molecule has 1 aromatic carbocycles. The van der Waals surface area contributed by atoms with Crippen LogP contribution >= 0.6 is 12.4 Å². The summed E-state index contributed by atoms with van der Waals surface area (Å²) in [5.74, 6) is 1.72. The number of likely N-dealkylation sites (tertiary alicyclic amines) is 2. The highest BCUT2D eigenvalue weighted by Crippen LogP contribution is 2.38. The van der Waals surface area contributed by atoms with Gasteiger partial charge in [-0.3, -0.25) is 9.59 Å². The fraction of sp³-hybridized carbons (Fsp3) is 0.636. The summed E-state index contributed by atoms with van der Waals surface area (Å²) in [7, 11) is 0. The van der Waals surface area contributed by atoms with Crippen LogP contribution in [-0.2, 0) is 16.0 Å². The third-order valence-corrected chi connectivity index (χ3v) is 6.89. The van der Waals surface area contributed by atoms with E-state index in [1.807, 2.05) is 23.1 Å². The summed E-state index contributed by atoms with van der Waals surface area (Å²) in [5, 5.41) is 0. The van der Waals surface area contributed by atoms with Crippen LogP contribution in [0.5, 0.6) is 0 Å². The van der Waals surface area contributed by atoms with Crippen LogP contribution in [0.1, 0.15) is 37.7 Å². The molecule has 0 spiro atoms. The Labute approximate surface area is 174 Å². The first-order chi connectivity index (χ1) is 13.1. The lowest BCUT2D eigenvalue weighted by Gasteiger charge is -2.33. The number of carbonyl (C=O) groups excluding carboxylic acids is 2. The first-order valence-electron chi connectivity index (χ1n) is 10.5. The molecule has 154 valence electrons. The number of hydrogen-bond donors (Lipinski definition) is 1. The molecule has 2 amide bonds. The van der Waals surface area contributed by atoms with Crippen LogP contribution in [0.15, 0.2) is 30.3 Å². The van der Waals surface area contributed by atoms with Crippen molar-refractivity contribution < 1.29 is 9.59 Å². The number of piperidine rings is 1. The maximum absolute atomic E-state index is 12.9. The molecule has 3 unspecified atom stereocenters. The average molecular weight is 406 g/mol. The zero-order valence-corrected chi connectivity index (χ0v) is 17.3. The molecular formula is C22H32ClN3O2. The number of rotatable bonds is 4. The highest BCUT2D eigenvalue weighted by Gasteiger charge is 2.43. The van der Waals surface area contributed by atoms with Gasteiger partial charge in [-0.2, -0.15) is 0 Å². The lowest BCUT2D eigenvalue weighted by Crippen LogP contribution is -2.44. The highest BCUT2D eigenvalue weighted by atomic mass is 35.5. The Morgan fingerprint density at radius 2 is 1.68 bits per heavy atom. The van der Waals surface area contributed by atoms with Gasteiger partial charge in [-0.1, -0.05) is 30.3 Å². The van der Waals surface area contributed by atoms with Gasteiger partial charge >= 0.3 is 0 Å². The molecule has 2 N–H and O–H groups in total. The van der Waals surface area contributed by atoms with E-state index in [4.69, 9.17) is 5.73 Å². The summed E-state index contributed by atoms with van der Waals surface area (Å²) >= 11 is 0. The van der Waals surface area contributed by atoms with Gasteiger partial charge in [-0.15, -0.1) is 12.4 Å². The van der Waals surface area contributed by atoms with Crippen LogP contribution in [0.25, 0.3) is 0 Å². The van der Waals surface area contributed by atoms with Gasteiger partial charge in [0.05, 0.1) is 0 Å². The van der Waals surface area contributed by atoms with E-state index in [1.54, 1.807) is 0 Å². The number of nitrogens with two attached hydrogens (primary N) is 1. The molecule has 6 heteroatoms. The van der Waals surface area contributed by atoms with Gasteiger partial charge in [0.25, 0.3) is 0 Å². The minimum absolute atomic E-state index is 0. The molecule has 3 aliphatic rings. The first-order valence-corrected chi connectivity index (χ1v) is 10.5. The molecular weight excluding hydrogens is 374 g/mol. The molecule has 0 bridgehead atoms. The van der Waals surface area contributed by atoms with E-state index < -0.39 is 0 Å². The van der Waals surface area contributed by atoms with Gasteiger partial charge in [0.1, 0.15) is 0 Å². The molecule has 0 aromatic heterocycles. The van der Waals surface area contributed by atoms with Crippen molar-refractivity contribution in [2.45, 2.75) is 44.6 Å². The van der Waals surface area contributed by atoms with Crippen LogP contribution in [-0.4, -0.2) is 53.8 Å². The third-order valence-electron chi connectivity index (χ3n) is 6.89. The number of halogens is 1. The molecule has 28 heavy (non-hydrogen) atoms. The zero-order chi connectivity index (χ0) is 18.8. The highest BCUT2D eigenvalue weighted by molar-refractivity contribution is 5.85. The van der Waals surface area contributed by atoms with Gasteiger partial charge in [-0.05, 0) is 49.5 Å². The summed E-state index contributed by atoms with van der Waals surface area (Å²) in [6.07, 6.45) is 5.22. The lowest BCUT2D eigenvalue weighted by atomic mass is 9.94. The Balaban J connectivity index is 0.00000225. The second-order valence-corrected chi connectivity index (χ2v) is 8.55. The number of aryl methyl sites for hydroxylation is 1. The predicted octanol–water partition coefficient (Wildman–Crippen LogP) is 2.48. The number of benzene rings is 1. The van der Waals surface area contributed by atoms with Crippen molar-refractivity contribution in [3.63, 3.8) is 0 Å². The fourth-order valence-electron chi connectivity index (χ4n) is 5.18. The minimum Gasteiger partial charge on any atom is -0.343 e. The predicted molar refractivity (Wildman–Crippen MR) is 112 cm³/mol. The van der Waals surface area contributed by atoms with Gasteiger partial charge in [0, 0.05) is 44.6 Å². The Morgan fingerprint density at radius 1 is 0.964 bits per heavy atom. The molecule has 1 aromatic rings. The number of nitrogens with zero attached hydrogens (tertiary/aromatic N) is 2. The van der Waals surface area contributed by atoms with E-state index in [2.05, 4.69) is 17.0 Å². The summed E-state index contributed by atoms with van der Waals surface area (Å²) in [6, 6.07) is 10.4. The molecule has 4 rings (SSSR count). The van der Waals surface area contributed by atoms with Crippen molar-refractivity contribution in [1.82, 2.24) is 9.80 Å². The minimum atomic E-state index is 0. The van der Waals surface area contributed by atoms with E-state index in [-0.39, 0.29) is 30.3 Å². The Bertz CT molecular complexity index is 676. The maximum Gasteiger partial charge on any atom is 0.225 e. The van der Waals surface area contributed by atoms with E-state index in [1.165, 1.54) is 12.0 Å². The van der Waals surface area contributed by atoms with Crippen molar-refractivity contribution in [3.05, 3.63) is 35.9 Å². The van der Waals surface area contributed by atoms with Gasteiger partial charge in [-0.25, -0.2) is 0 Å². The number of fused-ring (bicyclic) bond motifs is 1. The molecule has 5 nitrogen and oxygen atoms in total. The number of amides is 2. The van der Waals surface area contributed by atoms with Crippen LogP contribution in [0.3, 0.4) is 0 Å². The molecule has 3 atom stereocenters. The second-order valence-electron chi connectivity index (χ2n) is 8.55. The van der Waals surface area contributed by atoms with Crippen LogP contribution in [0.2, 0.25) is 0 Å². The first kappa shape index (κ1) is 21.1. The SMILES string of the molecule is Cl.NC1CCC2CN(C(=O)C3CCN(C(=O)CCc4ccccc4)CC3)CC12. The van der Waals surface area contributed by atoms with Crippen molar-refractivity contribution >= 4 is 24.2 Å². The van der Waals surface area contributed by atoms with Crippen LogP contribution in [0.4, 0.5) is 0 Å². The molecule has 2 aliphatic heterocycles. The second kappa shape index (κ2) is 9.27. The lowest BCUT2D eigenvalue weighted by molar-refractivity contribution is -0.140. The Hall–Kier alpha value is -1.59. The fourth-order valence-corrected chi connectivity index (χ4v) is 5.18. The summed E-state index contributed by atoms with van der Waals surface area (Å²) in [6.45, 7) is 3.17. The van der Waals surface area contributed by atoms with Crippen molar-refractivity contribution in [2.24, 2.45) is 23.5 Å². The van der Waals surface area contributed by atoms with E-state index in [0.717, 1.165) is 38.8 Å². The Kier molecular flexibility index (Phi) is 7.00. The normalized spacial score (nSPS) is 27.4. The van der Waals surface area contributed by atoms with Crippen molar-refractivity contribution in [3.8, 4) is 0 Å². The number of carbonyl (C=O) groups is 2. The van der Waals surface area contributed by atoms with E-state index in [9.17, 15) is 9.59 Å². The standard InChI is InChI=1S/C22H31N3O2.ClH/c23-20-8-7-18-14-25(15-19(18)20)22(27)17-10-12-24(13-11-17)21(26)9-6-16-4-2-1-3-5-16;/h1-5,17-20H,6-15,23H2;1H. The molecule has 1 aliphatic carbocycles. The van der Waals surface area contributed by atoms with Crippen molar-refractivity contribution in [2.75, 3.05) is 26.2 Å². The van der Waals surface area contributed by atoms with E-state index >= 15 is 0 Å². The average Bonchev–Trinajstić information content (AvgIpc) is 3.29. The summed E-state index contributed by atoms with van der Waals surface area (Å²) in [4.78, 5) is 29.4. The monoisotopic (exact) mass is 405 g/mol. The third kappa shape index (κ3) is 4.52. The van der Waals surface area contributed by atoms with Crippen molar-refractivity contribution in [1.29, 1.82) is 0 Å². The summed E-state index contributed by atoms with van der Waals surface area (Å²) < 4.78 is 0. The topological polar surface area (TPSA) is 66.6 Å². The Morgan fingerprint density at radius 3 is 2.36 bits per heavy atom. The maximum atomic E-state index is 12.9. The molecule has 3 fully saturated rings. The van der Waals surface area contributed by atoms with Gasteiger partial charge < -0.3 is 15.5 Å². The smallest absolute Gasteiger partial charge is 0.225 e. The van der Waals surface area contributed by atoms with Crippen LogP contribution < -0.4 is 5.73 Å². The quantitative estimate of drug-likeness (QED) is 0.836. The molecule has 2 saturated heterocycles. The van der Waals surface area contributed by atoms with Gasteiger partial charge in [0.2, 0.25) is 11.8 Å². The molecule has 0 radical (unpaired) electrons.